The molecule has 0 bridgehead atoms. The molecule has 1 aliphatic heterocycles. The lowest BCUT2D eigenvalue weighted by molar-refractivity contribution is -0.139. The van der Waals surface area contributed by atoms with Crippen LogP contribution in [-0.4, -0.2) is 29.5 Å². The maximum Gasteiger partial charge on any atom is 0.341 e. The summed E-state index contributed by atoms with van der Waals surface area (Å²) in [4.78, 5) is 34.7. The van der Waals surface area contributed by atoms with E-state index in [-0.39, 0.29) is 11.6 Å². The number of amides is 2. The Morgan fingerprint density at radius 1 is 1.18 bits per heavy atom. The van der Waals surface area contributed by atoms with Gasteiger partial charge in [0.05, 0.1) is 5.69 Å². The van der Waals surface area contributed by atoms with Gasteiger partial charge in [-0.25, -0.2) is 9.18 Å². The molecule has 146 valence electrons. The second-order valence-electron chi connectivity index (χ2n) is 6.61. The minimum absolute atomic E-state index is 0.0291. The highest BCUT2D eigenvalue weighted by atomic mass is 19.1. The number of halogens is 1. The van der Waals surface area contributed by atoms with E-state index in [4.69, 9.17) is 9.84 Å². The molecule has 3 rings (SSSR count). The number of aryl methyl sites for hydroxylation is 3. The van der Waals surface area contributed by atoms with Crippen LogP contribution in [0.2, 0.25) is 0 Å². The second kappa shape index (κ2) is 7.67. The van der Waals surface area contributed by atoms with Gasteiger partial charge in [0.15, 0.2) is 6.61 Å². The number of fused-ring (bicyclic) bond motifs is 1. The highest BCUT2D eigenvalue weighted by Crippen LogP contribution is 2.29. The van der Waals surface area contributed by atoms with E-state index in [0.717, 1.165) is 5.56 Å². The van der Waals surface area contributed by atoms with Crippen molar-refractivity contribution in [3.05, 3.63) is 52.3 Å². The van der Waals surface area contributed by atoms with Gasteiger partial charge in [-0.15, -0.1) is 0 Å². The molecule has 2 aromatic rings. The summed E-state index contributed by atoms with van der Waals surface area (Å²) in [5.74, 6) is -2.02. The molecule has 0 spiro atoms. The zero-order chi connectivity index (χ0) is 20.4. The number of ether oxygens (including phenoxy) is 1. The summed E-state index contributed by atoms with van der Waals surface area (Å²) >= 11 is 0. The summed E-state index contributed by atoms with van der Waals surface area (Å²) in [7, 11) is 0. The van der Waals surface area contributed by atoms with Gasteiger partial charge in [0.1, 0.15) is 11.6 Å². The summed E-state index contributed by atoms with van der Waals surface area (Å²) in [6.07, 6.45) is 0.778. The zero-order valence-corrected chi connectivity index (χ0v) is 15.4. The number of carbonyl (C=O) groups excluding carboxylic acids is 2. The molecule has 7 nitrogen and oxygen atoms in total. The predicted molar refractivity (Wildman–Crippen MR) is 100 cm³/mol. The van der Waals surface area contributed by atoms with E-state index in [1.165, 1.54) is 12.1 Å². The smallest absolute Gasteiger partial charge is 0.341 e. The van der Waals surface area contributed by atoms with Crippen LogP contribution in [0.15, 0.2) is 24.3 Å². The average molecular weight is 386 g/mol. The lowest BCUT2D eigenvalue weighted by atomic mass is 10.0. The quantitative estimate of drug-likeness (QED) is 0.733. The van der Waals surface area contributed by atoms with Crippen LogP contribution in [-0.2, 0) is 16.0 Å². The van der Waals surface area contributed by atoms with Crippen LogP contribution < -0.4 is 15.4 Å². The van der Waals surface area contributed by atoms with Gasteiger partial charge < -0.3 is 20.5 Å². The minimum atomic E-state index is -1.10. The Bertz CT molecular complexity index is 964. The van der Waals surface area contributed by atoms with Crippen LogP contribution >= 0.6 is 0 Å². The Morgan fingerprint density at radius 3 is 2.50 bits per heavy atom. The number of hydrogen-bond acceptors (Lipinski definition) is 4. The molecule has 2 amide bonds. The first-order chi connectivity index (χ1) is 13.2. The third-order valence-corrected chi connectivity index (χ3v) is 4.40. The molecule has 0 atom stereocenters. The second-order valence-corrected chi connectivity index (χ2v) is 6.61. The monoisotopic (exact) mass is 386 g/mol. The normalized spacial score (nSPS) is 12.8. The molecule has 0 aromatic heterocycles. The van der Waals surface area contributed by atoms with Crippen molar-refractivity contribution in [3.8, 4) is 5.75 Å². The van der Waals surface area contributed by atoms with E-state index in [0.29, 0.717) is 41.0 Å². The standard InChI is InChI=1S/C20H19FN2O5/c1-10-5-13(6-11(2)19(10)28-9-18(25)26)20(27)23-16-7-12-3-4-17(24)22-15(12)8-14(16)21/h5-8H,3-4,9H2,1-2H3,(H,22,24)(H,23,27)(H,25,26). The Labute approximate surface area is 160 Å². The first kappa shape index (κ1) is 19.3. The van der Waals surface area contributed by atoms with Crippen molar-refractivity contribution >= 4 is 29.2 Å². The van der Waals surface area contributed by atoms with Crippen molar-refractivity contribution in [2.75, 3.05) is 17.2 Å². The SMILES string of the molecule is Cc1cc(C(=O)Nc2cc3c(cc2F)NC(=O)CC3)cc(C)c1OCC(=O)O. The maximum atomic E-state index is 14.3. The van der Waals surface area contributed by atoms with Crippen molar-refractivity contribution in [2.45, 2.75) is 26.7 Å². The molecule has 0 radical (unpaired) electrons. The van der Waals surface area contributed by atoms with Gasteiger partial charge in [0, 0.05) is 17.7 Å². The van der Waals surface area contributed by atoms with Crippen molar-refractivity contribution in [1.82, 2.24) is 0 Å². The van der Waals surface area contributed by atoms with E-state index < -0.39 is 24.3 Å². The van der Waals surface area contributed by atoms with Crippen molar-refractivity contribution in [3.63, 3.8) is 0 Å². The van der Waals surface area contributed by atoms with Gasteiger partial charge >= 0.3 is 5.97 Å². The van der Waals surface area contributed by atoms with E-state index >= 15 is 0 Å². The van der Waals surface area contributed by atoms with Gasteiger partial charge in [-0.3, -0.25) is 9.59 Å². The molecule has 0 aliphatic carbocycles. The molecule has 0 fully saturated rings. The Balaban J connectivity index is 1.82. The van der Waals surface area contributed by atoms with Crippen LogP contribution in [0.25, 0.3) is 0 Å². The Hall–Kier alpha value is -3.42. The molecule has 1 aliphatic rings. The van der Waals surface area contributed by atoms with Crippen LogP contribution in [0, 0.1) is 19.7 Å². The largest absolute Gasteiger partial charge is 0.481 e. The maximum absolute atomic E-state index is 14.3. The highest BCUT2D eigenvalue weighted by molar-refractivity contribution is 6.05. The molecule has 8 heteroatoms. The number of carbonyl (C=O) groups is 3. The van der Waals surface area contributed by atoms with E-state index in [1.54, 1.807) is 26.0 Å². The molecule has 0 saturated heterocycles. The molecule has 1 heterocycles. The fraction of sp³-hybridized carbons (Fsp3) is 0.250. The Kier molecular flexibility index (Phi) is 5.30. The van der Waals surface area contributed by atoms with Crippen LogP contribution in [0.4, 0.5) is 15.8 Å². The zero-order valence-electron chi connectivity index (χ0n) is 15.4. The predicted octanol–water partition coefficient (Wildman–Crippen LogP) is 3.04. The van der Waals surface area contributed by atoms with Gasteiger partial charge in [-0.2, -0.15) is 0 Å². The summed E-state index contributed by atoms with van der Waals surface area (Å²) in [5.41, 5.74) is 2.68. The van der Waals surface area contributed by atoms with Crippen molar-refractivity contribution < 1.29 is 28.6 Å². The van der Waals surface area contributed by atoms with Crippen LogP contribution in [0.1, 0.15) is 33.5 Å². The van der Waals surface area contributed by atoms with Gasteiger partial charge in [-0.1, -0.05) is 0 Å². The average Bonchev–Trinajstić information content (AvgIpc) is 2.61. The number of anilines is 2. The molecular weight excluding hydrogens is 367 g/mol. The summed E-state index contributed by atoms with van der Waals surface area (Å²) in [6.45, 7) is 2.91. The number of carboxylic acid groups (broad SMARTS) is 1. The summed E-state index contributed by atoms with van der Waals surface area (Å²) < 4.78 is 19.6. The first-order valence-electron chi connectivity index (χ1n) is 8.64. The van der Waals surface area contributed by atoms with Gasteiger partial charge in [-0.05, 0) is 61.2 Å². The number of benzene rings is 2. The fourth-order valence-electron chi connectivity index (χ4n) is 3.14. The molecule has 3 N–H and O–H groups in total. The number of aliphatic carboxylic acids is 1. The Morgan fingerprint density at radius 2 is 1.86 bits per heavy atom. The molecule has 28 heavy (non-hydrogen) atoms. The molecule has 0 saturated carbocycles. The lowest BCUT2D eigenvalue weighted by Gasteiger charge is -2.18. The van der Waals surface area contributed by atoms with E-state index in [1.807, 2.05) is 0 Å². The van der Waals surface area contributed by atoms with E-state index in [9.17, 15) is 18.8 Å². The van der Waals surface area contributed by atoms with Crippen LogP contribution in [0.3, 0.4) is 0 Å². The van der Waals surface area contributed by atoms with Gasteiger partial charge in [0.2, 0.25) is 5.91 Å². The number of rotatable bonds is 5. The van der Waals surface area contributed by atoms with Gasteiger partial charge in [0.25, 0.3) is 5.91 Å². The molecule has 2 aromatic carbocycles. The third-order valence-electron chi connectivity index (χ3n) is 4.40. The first-order valence-corrected chi connectivity index (χ1v) is 8.64. The lowest BCUT2D eigenvalue weighted by Crippen LogP contribution is -2.20. The third kappa shape index (κ3) is 4.11. The van der Waals surface area contributed by atoms with Crippen molar-refractivity contribution in [2.24, 2.45) is 0 Å². The minimum Gasteiger partial charge on any atom is -0.481 e. The highest BCUT2D eigenvalue weighted by Gasteiger charge is 2.19. The number of hydrogen-bond donors (Lipinski definition) is 3. The summed E-state index contributed by atoms with van der Waals surface area (Å²) in [6, 6.07) is 5.82. The van der Waals surface area contributed by atoms with Crippen LogP contribution in [0.5, 0.6) is 5.75 Å². The van der Waals surface area contributed by atoms with E-state index in [2.05, 4.69) is 10.6 Å². The summed E-state index contributed by atoms with van der Waals surface area (Å²) in [5, 5.41) is 13.9. The molecule has 0 unspecified atom stereocenters. The topological polar surface area (TPSA) is 105 Å². The number of nitrogens with one attached hydrogen (secondary N) is 2. The molecular formula is C20H19FN2O5. The fourth-order valence-corrected chi connectivity index (χ4v) is 3.14. The van der Waals surface area contributed by atoms with Crippen molar-refractivity contribution in [1.29, 1.82) is 0 Å². The number of carboxylic acids is 1.